The zero-order valence-corrected chi connectivity index (χ0v) is 20.7. The van der Waals surface area contributed by atoms with Crippen LogP contribution in [0.3, 0.4) is 0 Å². The van der Waals surface area contributed by atoms with Crippen molar-refractivity contribution in [3.05, 3.63) is 65.7 Å². The molecule has 2 aromatic rings. The first kappa shape index (κ1) is 25.6. The normalized spacial score (nSPS) is 19.5. The van der Waals surface area contributed by atoms with E-state index in [4.69, 9.17) is 19.9 Å². The Kier molecular flexibility index (Phi) is 7.89. The van der Waals surface area contributed by atoms with Crippen molar-refractivity contribution in [2.75, 3.05) is 30.3 Å². The fraction of sp³-hybridized carbons (Fsp3) is 0.400. The quantitative estimate of drug-likeness (QED) is 0.520. The van der Waals surface area contributed by atoms with Crippen molar-refractivity contribution in [3.63, 3.8) is 0 Å². The number of nitrogens with two attached hydrogens (primary N) is 1. The van der Waals surface area contributed by atoms with Gasteiger partial charge in [0.15, 0.2) is 0 Å². The van der Waals surface area contributed by atoms with Crippen LogP contribution < -0.4 is 19.5 Å². The number of carbonyl (C=O) groups is 1. The van der Waals surface area contributed by atoms with E-state index in [1.165, 1.54) is 4.31 Å². The summed E-state index contributed by atoms with van der Waals surface area (Å²) in [5, 5.41) is 0. The molecule has 0 saturated heterocycles. The molecule has 0 aliphatic carbocycles. The molecule has 1 atom stereocenters. The van der Waals surface area contributed by atoms with E-state index in [-0.39, 0.29) is 26.2 Å². The maximum atomic E-state index is 12.8. The van der Waals surface area contributed by atoms with Gasteiger partial charge < -0.3 is 19.9 Å². The topological polar surface area (TPSA) is 108 Å². The molecule has 0 aromatic heterocycles. The molecule has 0 spiro atoms. The molecule has 0 radical (unpaired) electrons. The fourth-order valence-corrected chi connectivity index (χ4v) is 4.61. The van der Waals surface area contributed by atoms with Crippen LogP contribution in [0.25, 0.3) is 0 Å². The van der Waals surface area contributed by atoms with Gasteiger partial charge in [0.1, 0.15) is 36.9 Å². The molecule has 184 valence electrons. The number of nitrogens with zero attached hydrogens (tertiary/aromatic N) is 1. The van der Waals surface area contributed by atoms with Crippen LogP contribution in [0.15, 0.2) is 54.6 Å². The van der Waals surface area contributed by atoms with Crippen LogP contribution in [0.4, 0.5) is 5.69 Å². The number of rotatable bonds is 4. The molecular formula is C25H32N2O6S. The van der Waals surface area contributed by atoms with Gasteiger partial charge in [0, 0.05) is 19.0 Å². The van der Waals surface area contributed by atoms with Gasteiger partial charge >= 0.3 is 5.97 Å². The summed E-state index contributed by atoms with van der Waals surface area (Å²) in [6, 6.07) is 12.4. The van der Waals surface area contributed by atoms with Crippen molar-refractivity contribution in [1.82, 2.24) is 0 Å². The van der Waals surface area contributed by atoms with E-state index in [9.17, 15) is 13.2 Å². The van der Waals surface area contributed by atoms with E-state index < -0.39 is 21.5 Å². The van der Waals surface area contributed by atoms with Gasteiger partial charge in [-0.15, -0.1) is 0 Å². The lowest BCUT2D eigenvalue weighted by Gasteiger charge is -2.25. The number of carbonyl (C=O) groups excluding carboxylic acids is 1. The number of benzene rings is 2. The molecule has 2 aromatic carbocycles. The highest BCUT2D eigenvalue weighted by molar-refractivity contribution is 7.92. The molecule has 0 fully saturated rings. The lowest BCUT2D eigenvalue weighted by molar-refractivity contribution is -0.150. The van der Waals surface area contributed by atoms with Crippen LogP contribution in [-0.2, 0) is 32.6 Å². The Hall–Kier alpha value is -3.04. The second-order valence-corrected chi connectivity index (χ2v) is 10.7. The summed E-state index contributed by atoms with van der Waals surface area (Å²) in [4.78, 5) is 12.8. The number of sulfonamides is 1. The van der Waals surface area contributed by atoms with Crippen LogP contribution in [0.1, 0.15) is 31.4 Å². The Morgan fingerprint density at radius 3 is 2.38 bits per heavy atom. The minimum absolute atomic E-state index is 0.0797. The molecule has 3 rings (SSSR count). The highest BCUT2D eigenvalue weighted by Crippen LogP contribution is 2.28. The summed E-state index contributed by atoms with van der Waals surface area (Å²) in [7, 11) is -3.52. The Bertz CT molecular complexity index is 1160. The van der Waals surface area contributed by atoms with Gasteiger partial charge in [0.05, 0.1) is 11.9 Å². The number of hydrogen-bond acceptors (Lipinski definition) is 7. The SMILES string of the molecule is C=C1COc2cccc(c2)CC(C)(N)C(=O)OCc2cc(cc(N(CCC)S(C)(=O)=O)c2)OC1. The van der Waals surface area contributed by atoms with Gasteiger partial charge in [-0.25, -0.2) is 8.42 Å². The van der Waals surface area contributed by atoms with Crippen molar-refractivity contribution in [3.8, 4) is 11.5 Å². The van der Waals surface area contributed by atoms with E-state index in [0.717, 1.165) is 11.8 Å². The molecule has 9 heteroatoms. The fourth-order valence-electron chi connectivity index (χ4n) is 3.61. The first-order valence-electron chi connectivity index (χ1n) is 11.1. The molecule has 4 bridgehead atoms. The molecule has 0 saturated carbocycles. The summed E-state index contributed by atoms with van der Waals surface area (Å²) >= 11 is 0. The van der Waals surface area contributed by atoms with E-state index in [2.05, 4.69) is 6.58 Å². The van der Waals surface area contributed by atoms with Crippen LogP contribution in [-0.4, -0.2) is 45.9 Å². The molecule has 1 heterocycles. The molecular weight excluding hydrogens is 456 g/mol. The van der Waals surface area contributed by atoms with Crippen LogP contribution in [0.2, 0.25) is 0 Å². The van der Waals surface area contributed by atoms with Crippen molar-refractivity contribution in [2.24, 2.45) is 5.73 Å². The Morgan fingerprint density at radius 1 is 1.03 bits per heavy atom. The predicted molar refractivity (Wildman–Crippen MR) is 132 cm³/mol. The lowest BCUT2D eigenvalue weighted by atomic mass is 9.94. The van der Waals surface area contributed by atoms with E-state index in [1.54, 1.807) is 25.1 Å². The van der Waals surface area contributed by atoms with Gasteiger partial charge in [-0.3, -0.25) is 9.10 Å². The summed E-state index contributed by atoms with van der Waals surface area (Å²) in [6.45, 7) is 8.17. The third-order valence-corrected chi connectivity index (χ3v) is 6.45. The Morgan fingerprint density at radius 2 is 1.71 bits per heavy atom. The molecule has 1 aliphatic heterocycles. The number of ether oxygens (including phenoxy) is 3. The maximum absolute atomic E-state index is 12.8. The van der Waals surface area contributed by atoms with Crippen LogP contribution in [0.5, 0.6) is 11.5 Å². The maximum Gasteiger partial charge on any atom is 0.326 e. The molecule has 1 aliphatic rings. The number of hydrogen-bond donors (Lipinski definition) is 1. The molecule has 0 amide bonds. The molecule has 8 nitrogen and oxygen atoms in total. The van der Waals surface area contributed by atoms with Crippen molar-refractivity contribution >= 4 is 21.7 Å². The van der Waals surface area contributed by atoms with Crippen molar-refractivity contribution in [2.45, 2.75) is 38.8 Å². The predicted octanol–water partition coefficient (Wildman–Crippen LogP) is 3.19. The Balaban J connectivity index is 1.97. The van der Waals surface area contributed by atoms with E-state index in [0.29, 0.717) is 41.3 Å². The summed E-state index contributed by atoms with van der Waals surface area (Å²) in [5.41, 5.74) is 7.59. The largest absolute Gasteiger partial charge is 0.489 e. The highest BCUT2D eigenvalue weighted by Gasteiger charge is 2.31. The van der Waals surface area contributed by atoms with Gasteiger partial charge in [-0.05, 0) is 54.3 Å². The van der Waals surface area contributed by atoms with Crippen molar-refractivity contribution < 1.29 is 27.4 Å². The standard InChI is InChI=1S/C25H32N2O6S/c1-5-9-27(34(4,29)30)21-10-20-12-23(13-21)32-16-18(2)15-31-22-8-6-7-19(11-22)14-25(3,26)24(28)33-17-20/h6-8,10-13H,2,5,9,14-17,26H2,1,3-4H3. The summed E-state index contributed by atoms with van der Waals surface area (Å²) in [6.07, 6.45) is 2.04. The average Bonchev–Trinajstić information content (AvgIpc) is 2.76. The smallest absolute Gasteiger partial charge is 0.326 e. The monoisotopic (exact) mass is 488 g/mol. The number of cyclic esters (lactones) is 1. The van der Waals surface area contributed by atoms with Crippen LogP contribution in [0, 0.1) is 0 Å². The highest BCUT2D eigenvalue weighted by atomic mass is 32.2. The Labute approximate surface area is 201 Å². The van der Waals surface area contributed by atoms with E-state index >= 15 is 0 Å². The van der Waals surface area contributed by atoms with Crippen LogP contribution >= 0.6 is 0 Å². The number of fused-ring (bicyclic) bond motifs is 4. The summed E-state index contributed by atoms with van der Waals surface area (Å²) < 4.78 is 43.4. The van der Waals surface area contributed by atoms with Gasteiger partial charge in [-0.1, -0.05) is 25.6 Å². The second kappa shape index (κ2) is 10.5. The van der Waals surface area contributed by atoms with Gasteiger partial charge in [-0.2, -0.15) is 0 Å². The minimum atomic E-state index is -3.52. The minimum Gasteiger partial charge on any atom is -0.489 e. The summed E-state index contributed by atoms with van der Waals surface area (Å²) in [5.74, 6) is 0.488. The molecule has 34 heavy (non-hydrogen) atoms. The second-order valence-electron chi connectivity index (χ2n) is 8.82. The van der Waals surface area contributed by atoms with Gasteiger partial charge in [0.2, 0.25) is 10.0 Å². The van der Waals surface area contributed by atoms with E-state index in [1.807, 2.05) is 31.2 Å². The molecule has 2 N–H and O–H groups in total. The first-order valence-corrected chi connectivity index (χ1v) is 12.9. The molecule has 1 unspecified atom stereocenters. The first-order chi connectivity index (χ1) is 16.0. The number of anilines is 1. The van der Waals surface area contributed by atoms with Crippen molar-refractivity contribution in [1.29, 1.82) is 0 Å². The third-order valence-electron chi connectivity index (χ3n) is 5.26. The lowest BCUT2D eigenvalue weighted by Crippen LogP contribution is -2.48. The van der Waals surface area contributed by atoms with Gasteiger partial charge in [0.25, 0.3) is 0 Å². The average molecular weight is 489 g/mol. The zero-order valence-electron chi connectivity index (χ0n) is 19.9. The zero-order chi connectivity index (χ0) is 24.9. The number of esters is 1. The third kappa shape index (κ3) is 6.74.